The van der Waals surface area contributed by atoms with Crippen LogP contribution in [-0.4, -0.2) is 24.5 Å². The van der Waals surface area contributed by atoms with Crippen LogP contribution >= 0.6 is 35.4 Å². The Balaban J connectivity index is 2.18. The summed E-state index contributed by atoms with van der Waals surface area (Å²) in [5.41, 5.74) is 1.98. The van der Waals surface area contributed by atoms with Gasteiger partial charge in [-0.2, -0.15) is 0 Å². The van der Waals surface area contributed by atoms with Crippen molar-refractivity contribution in [3.63, 3.8) is 0 Å². The molecule has 2 aromatic rings. The molecule has 0 aliphatic heterocycles. The zero-order chi connectivity index (χ0) is 17.5. The summed E-state index contributed by atoms with van der Waals surface area (Å²) in [7, 11) is 1.26. The van der Waals surface area contributed by atoms with Crippen LogP contribution in [0.3, 0.4) is 0 Å². The molecule has 0 unspecified atom stereocenters. The first-order valence-corrected chi connectivity index (χ1v) is 7.90. The number of anilines is 1. The number of methoxy groups -OCH3 is 1. The summed E-state index contributed by atoms with van der Waals surface area (Å²) in [4.78, 5) is 15.6. The number of amides is 1. The fraction of sp³-hybridized carbons (Fsp3) is 0.0625. The van der Waals surface area contributed by atoms with Crippen LogP contribution in [0, 0.1) is 0 Å². The average Bonchev–Trinajstić information content (AvgIpc) is 2.55. The molecule has 0 aromatic heterocycles. The Bertz CT molecular complexity index is 797. The molecule has 0 aliphatic carbocycles. The lowest BCUT2D eigenvalue weighted by molar-refractivity contribution is 0.177. The maximum absolute atomic E-state index is 11.2. The molecule has 0 saturated heterocycles. The van der Waals surface area contributed by atoms with Crippen LogP contribution in [0.5, 0.6) is 0 Å². The van der Waals surface area contributed by atoms with Gasteiger partial charge < -0.3 is 10.1 Å². The number of alkyl carbamates (subject to hydrolysis) is 1. The molecule has 2 aromatic carbocycles. The van der Waals surface area contributed by atoms with Gasteiger partial charge in [-0.25, -0.2) is 4.79 Å². The second kappa shape index (κ2) is 8.63. The van der Waals surface area contributed by atoms with Crippen molar-refractivity contribution in [3.05, 3.63) is 58.1 Å². The maximum Gasteiger partial charge on any atom is 0.413 e. The second-order valence-corrected chi connectivity index (χ2v) is 5.76. The van der Waals surface area contributed by atoms with Crippen LogP contribution in [0.15, 0.2) is 47.5 Å². The minimum Gasteiger partial charge on any atom is -0.453 e. The summed E-state index contributed by atoms with van der Waals surface area (Å²) >= 11 is 17.0. The largest absolute Gasteiger partial charge is 0.453 e. The van der Waals surface area contributed by atoms with E-state index in [2.05, 4.69) is 20.4 Å². The number of ether oxygens (including phenoxy) is 1. The summed E-state index contributed by atoms with van der Waals surface area (Å²) in [6.45, 7) is 0. The Morgan fingerprint density at radius 2 is 2.00 bits per heavy atom. The van der Waals surface area contributed by atoms with Crippen molar-refractivity contribution >= 4 is 64.2 Å². The third-order valence-corrected chi connectivity index (χ3v) is 3.63. The number of nitrogens with one attached hydrogen (secondary N) is 2. The Labute approximate surface area is 154 Å². The van der Waals surface area contributed by atoms with Crippen molar-refractivity contribution in [2.75, 3.05) is 12.4 Å². The van der Waals surface area contributed by atoms with Gasteiger partial charge in [0.15, 0.2) is 5.11 Å². The molecule has 0 radical (unpaired) electrons. The summed E-state index contributed by atoms with van der Waals surface area (Å²) in [5.74, 6) is 0. The van der Waals surface area contributed by atoms with Crippen molar-refractivity contribution < 1.29 is 9.53 Å². The molecule has 1 amide bonds. The summed E-state index contributed by atoms with van der Waals surface area (Å²) in [6, 6.07) is 12.4. The van der Waals surface area contributed by atoms with Crippen LogP contribution in [0.2, 0.25) is 10.0 Å². The van der Waals surface area contributed by atoms with E-state index in [-0.39, 0.29) is 5.11 Å². The summed E-state index contributed by atoms with van der Waals surface area (Å²) in [5, 5.41) is 6.41. The Hall–Kier alpha value is -2.15. The van der Waals surface area contributed by atoms with E-state index < -0.39 is 6.09 Å². The normalized spacial score (nSPS) is 10.5. The molecule has 2 rings (SSSR count). The van der Waals surface area contributed by atoms with Gasteiger partial charge in [-0.15, -0.1) is 0 Å². The van der Waals surface area contributed by atoms with E-state index in [4.69, 9.17) is 35.4 Å². The van der Waals surface area contributed by atoms with Gasteiger partial charge in [-0.1, -0.05) is 41.4 Å². The van der Waals surface area contributed by atoms with Crippen molar-refractivity contribution in [1.82, 2.24) is 5.32 Å². The van der Waals surface area contributed by atoms with Gasteiger partial charge in [0, 0.05) is 16.8 Å². The van der Waals surface area contributed by atoms with E-state index in [1.165, 1.54) is 7.11 Å². The molecular weight excluding hydrogens is 369 g/mol. The van der Waals surface area contributed by atoms with E-state index in [0.717, 1.165) is 5.56 Å². The van der Waals surface area contributed by atoms with E-state index in [1.807, 2.05) is 12.1 Å². The quantitative estimate of drug-likeness (QED) is 0.592. The van der Waals surface area contributed by atoms with Gasteiger partial charge in [-0.3, -0.25) is 10.3 Å². The maximum atomic E-state index is 11.2. The van der Waals surface area contributed by atoms with Crippen LogP contribution in [0.4, 0.5) is 16.2 Å². The number of carbonyl (C=O) groups excluding carboxylic acids is 1. The molecule has 0 atom stereocenters. The number of nitrogens with zero attached hydrogens (tertiary/aromatic N) is 1. The predicted octanol–water partition coefficient (Wildman–Crippen LogP) is 4.80. The van der Waals surface area contributed by atoms with Gasteiger partial charge in [0.25, 0.3) is 0 Å². The van der Waals surface area contributed by atoms with Crippen LogP contribution in [0.1, 0.15) is 5.56 Å². The second-order valence-electron chi connectivity index (χ2n) is 4.51. The number of hydrogen-bond acceptors (Lipinski definition) is 4. The Morgan fingerprint density at radius 3 is 2.71 bits per heavy atom. The highest BCUT2D eigenvalue weighted by Crippen LogP contribution is 2.25. The smallest absolute Gasteiger partial charge is 0.413 e. The van der Waals surface area contributed by atoms with Crippen molar-refractivity contribution in [2.45, 2.75) is 0 Å². The number of thiocarbonyl (C=S) groups is 1. The van der Waals surface area contributed by atoms with Gasteiger partial charge in [0.1, 0.15) is 0 Å². The van der Waals surface area contributed by atoms with Crippen LogP contribution in [0.25, 0.3) is 0 Å². The standard InChI is InChI=1S/C16H13Cl2N3O2S/c1-23-16(22)21-15(24)20-14-5-3-2-4-13(14)19-9-10-6-7-11(17)8-12(10)18/h2-9H,1H3,(H2,20,21,22,24). The molecule has 0 heterocycles. The van der Waals surface area contributed by atoms with Crippen molar-refractivity contribution in [1.29, 1.82) is 0 Å². The molecule has 2 N–H and O–H groups in total. The van der Waals surface area contributed by atoms with E-state index >= 15 is 0 Å². The van der Waals surface area contributed by atoms with E-state index in [9.17, 15) is 4.79 Å². The minimum absolute atomic E-state index is 0.106. The first kappa shape index (κ1) is 18.2. The van der Waals surface area contributed by atoms with Crippen molar-refractivity contribution in [2.24, 2.45) is 4.99 Å². The molecule has 24 heavy (non-hydrogen) atoms. The molecule has 8 heteroatoms. The van der Waals surface area contributed by atoms with Gasteiger partial charge >= 0.3 is 6.09 Å². The highest BCUT2D eigenvalue weighted by Gasteiger charge is 2.06. The molecular formula is C16H13Cl2N3O2S. The molecule has 0 saturated carbocycles. The first-order chi connectivity index (χ1) is 11.5. The molecule has 0 fully saturated rings. The molecule has 0 aliphatic rings. The monoisotopic (exact) mass is 381 g/mol. The number of para-hydroxylation sites is 2. The zero-order valence-corrected chi connectivity index (χ0v) is 14.9. The molecule has 0 spiro atoms. The first-order valence-electron chi connectivity index (χ1n) is 6.73. The van der Waals surface area contributed by atoms with E-state index in [0.29, 0.717) is 21.4 Å². The molecule has 5 nitrogen and oxygen atoms in total. The lowest BCUT2D eigenvalue weighted by Crippen LogP contribution is -2.33. The van der Waals surface area contributed by atoms with Crippen molar-refractivity contribution in [3.8, 4) is 0 Å². The molecule has 124 valence electrons. The van der Waals surface area contributed by atoms with Gasteiger partial charge in [0.2, 0.25) is 0 Å². The lowest BCUT2D eigenvalue weighted by Gasteiger charge is -2.10. The SMILES string of the molecule is COC(=O)NC(=S)Nc1ccccc1N=Cc1ccc(Cl)cc1Cl. The minimum atomic E-state index is -0.651. The van der Waals surface area contributed by atoms with E-state index in [1.54, 1.807) is 36.5 Å². The van der Waals surface area contributed by atoms with Gasteiger partial charge in [0.05, 0.1) is 23.5 Å². The zero-order valence-electron chi connectivity index (χ0n) is 12.5. The highest BCUT2D eigenvalue weighted by atomic mass is 35.5. The summed E-state index contributed by atoms with van der Waals surface area (Å²) in [6.07, 6.45) is 0.970. The lowest BCUT2D eigenvalue weighted by atomic mass is 10.2. The molecule has 0 bridgehead atoms. The predicted molar refractivity (Wildman–Crippen MR) is 102 cm³/mol. The van der Waals surface area contributed by atoms with Crippen LogP contribution in [-0.2, 0) is 4.74 Å². The summed E-state index contributed by atoms with van der Waals surface area (Å²) < 4.78 is 4.48. The number of rotatable bonds is 3. The highest BCUT2D eigenvalue weighted by molar-refractivity contribution is 7.80. The topological polar surface area (TPSA) is 62.7 Å². The third kappa shape index (κ3) is 5.19. The number of hydrogen-bond donors (Lipinski definition) is 2. The Morgan fingerprint density at radius 1 is 1.25 bits per heavy atom. The fourth-order valence-electron chi connectivity index (χ4n) is 1.73. The Kier molecular flexibility index (Phi) is 6.54. The fourth-order valence-corrected chi connectivity index (χ4v) is 2.39. The average molecular weight is 382 g/mol. The number of carbonyl (C=O) groups is 1. The third-order valence-electron chi connectivity index (χ3n) is 2.86. The van der Waals surface area contributed by atoms with Gasteiger partial charge in [-0.05, 0) is 36.5 Å². The van der Waals surface area contributed by atoms with Crippen LogP contribution < -0.4 is 10.6 Å². The number of aliphatic imine (C=N–C) groups is 1. The number of benzene rings is 2. The number of halogens is 2.